The Morgan fingerprint density at radius 1 is 0.947 bits per heavy atom. The fraction of sp³-hybridized carbons (Fsp3) is 0.188. The molecule has 0 spiro atoms. The maximum atomic E-state index is 10.7. The van der Waals surface area contributed by atoms with Gasteiger partial charge in [-0.25, -0.2) is 0 Å². The van der Waals surface area contributed by atoms with Crippen LogP contribution in [0.25, 0.3) is 0 Å². The van der Waals surface area contributed by atoms with Crippen molar-refractivity contribution in [3.63, 3.8) is 0 Å². The number of carboxylic acids is 1. The van der Waals surface area contributed by atoms with Gasteiger partial charge in [-0.3, -0.25) is 4.79 Å². The molecular formula is C16H18O2S. The van der Waals surface area contributed by atoms with Crippen molar-refractivity contribution in [1.29, 1.82) is 0 Å². The topological polar surface area (TPSA) is 37.3 Å². The van der Waals surface area contributed by atoms with Crippen LogP contribution in [0, 0.1) is 0 Å². The molecule has 0 amide bonds. The lowest BCUT2D eigenvalue weighted by molar-refractivity contribution is -0.133. The molecule has 3 heteroatoms. The van der Waals surface area contributed by atoms with E-state index in [1.54, 1.807) is 0 Å². The van der Waals surface area contributed by atoms with Crippen LogP contribution >= 0.6 is 11.8 Å². The van der Waals surface area contributed by atoms with E-state index in [2.05, 4.69) is 0 Å². The van der Waals surface area contributed by atoms with Crippen molar-refractivity contribution < 1.29 is 9.90 Å². The first kappa shape index (κ1) is 15.3. The summed E-state index contributed by atoms with van der Waals surface area (Å²) in [5.41, 5.74) is 2.27. The van der Waals surface area contributed by atoms with Gasteiger partial charge in [-0.05, 0) is 11.1 Å². The molecule has 0 saturated carbocycles. The van der Waals surface area contributed by atoms with Crippen molar-refractivity contribution in [2.75, 3.05) is 5.75 Å². The van der Waals surface area contributed by atoms with Crippen LogP contribution in [0.3, 0.4) is 0 Å². The zero-order chi connectivity index (χ0) is 12.8. The van der Waals surface area contributed by atoms with E-state index in [-0.39, 0.29) is 18.4 Å². The Balaban J connectivity index is 0.00000180. The van der Waals surface area contributed by atoms with Crippen molar-refractivity contribution in [2.45, 2.75) is 12.7 Å². The number of hydrogen-bond acceptors (Lipinski definition) is 2. The van der Waals surface area contributed by atoms with Crippen molar-refractivity contribution in [3.8, 4) is 0 Å². The zero-order valence-electron chi connectivity index (χ0n) is 9.82. The van der Waals surface area contributed by atoms with Crippen LogP contribution in [0.4, 0.5) is 0 Å². The second kappa shape index (κ2) is 7.64. The minimum atomic E-state index is -0.781. The van der Waals surface area contributed by atoms with E-state index in [1.165, 1.54) is 11.8 Å². The third-order valence-electron chi connectivity index (χ3n) is 2.58. The van der Waals surface area contributed by atoms with E-state index in [0.29, 0.717) is 0 Å². The molecule has 0 saturated heterocycles. The zero-order valence-corrected chi connectivity index (χ0v) is 10.6. The van der Waals surface area contributed by atoms with Crippen molar-refractivity contribution >= 4 is 17.7 Å². The molecule has 0 unspecified atom stereocenters. The average molecular weight is 274 g/mol. The van der Waals surface area contributed by atoms with Gasteiger partial charge in [0.15, 0.2) is 0 Å². The maximum absolute atomic E-state index is 10.7. The summed E-state index contributed by atoms with van der Waals surface area (Å²) in [4.78, 5) is 10.7. The summed E-state index contributed by atoms with van der Waals surface area (Å²) in [5.74, 6) is -0.675. The van der Waals surface area contributed by atoms with Crippen LogP contribution in [0.15, 0.2) is 60.7 Å². The van der Waals surface area contributed by atoms with E-state index in [9.17, 15) is 4.79 Å². The maximum Gasteiger partial charge on any atom is 0.313 e. The first-order chi connectivity index (χ1) is 8.77. The van der Waals surface area contributed by atoms with E-state index in [1.807, 2.05) is 60.7 Å². The number of benzene rings is 2. The molecule has 2 nitrogen and oxygen atoms in total. The van der Waals surface area contributed by atoms with Crippen LogP contribution in [0.1, 0.15) is 23.8 Å². The highest BCUT2D eigenvalue weighted by Gasteiger charge is 2.15. The van der Waals surface area contributed by atoms with Gasteiger partial charge < -0.3 is 5.11 Å². The van der Waals surface area contributed by atoms with Crippen LogP contribution in [0.2, 0.25) is 0 Å². The average Bonchev–Trinajstić information content (AvgIpc) is 2.41. The van der Waals surface area contributed by atoms with E-state index in [4.69, 9.17) is 5.11 Å². The van der Waals surface area contributed by atoms with Gasteiger partial charge in [0.25, 0.3) is 0 Å². The molecule has 2 rings (SSSR count). The highest BCUT2D eigenvalue weighted by molar-refractivity contribution is 8.00. The molecule has 0 atom stereocenters. The molecule has 2 aromatic rings. The lowest BCUT2D eigenvalue weighted by Crippen LogP contribution is -2.03. The van der Waals surface area contributed by atoms with Gasteiger partial charge in [0.2, 0.25) is 0 Å². The normalized spacial score (nSPS) is 9.95. The van der Waals surface area contributed by atoms with Gasteiger partial charge in [-0.15, -0.1) is 11.8 Å². The molecule has 100 valence electrons. The predicted molar refractivity (Wildman–Crippen MR) is 81.6 cm³/mol. The Bertz CT molecular complexity index is 457. The van der Waals surface area contributed by atoms with Gasteiger partial charge >= 0.3 is 5.97 Å². The Kier molecular flexibility index (Phi) is 6.16. The molecular weight excluding hydrogens is 256 g/mol. The van der Waals surface area contributed by atoms with Crippen molar-refractivity contribution in [2.24, 2.45) is 0 Å². The monoisotopic (exact) mass is 274 g/mol. The van der Waals surface area contributed by atoms with Crippen LogP contribution in [-0.2, 0) is 4.79 Å². The molecule has 0 radical (unpaired) electrons. The number of rotatable bonds is 5. The van der Waals surface area contributed by atoms with E-state index < -0.39 is 5.97 Å². The molecule has 1 N–H and O–H groups in total. The SMILES string of the molecule is C.O=C(O)CSC(c1ccccc1)c1ccccc1. The number of carbonyl (C=O) groups is 1. The molecule has 0 aliphatic rings. The smallest absolute Gasteiger partial charge is 0.313 e. The molecule has 19 heavy (non-hydrogen) atoms. The highest BCUT2D eigenvalue weighted by atomic mass is 32.2. The summed E-state index contributed by atoms with van der Waals surface area (Å²) in [6.07, 6.45) is 0. The lowest BCUT2D eigenvalue weighted by Gasteiger charge is -2.16. The van der Waals surface area contributed by atoms with Gasteiger partial charge in [0.1, 0.15) is 0 Å². The molecule has 0 aliphatic heterocycles. The predicted octanol–water partition coefficient (Wildman–Crippen LogP) is 4.23. The summed E-state index contributed by atoms with van der Waals surface area (Å²) in [5, 5.41) is 8.91. The Morgan fingerprint density at radius 3 is 1.74 bits per heavy atom. The van der Waals surface area contributed by atoms with Crippen LogP contribution < -0.4 is 0 Å². The van der Waals surface area contributed by atoms with E-state index in [0.717, 1.165) is 11.1 Å². The second-order valence-corrected chi connectivity index (χ2v) is 5.00. The second-order valence-electron chi connectivity index (χ2n) is 3.91. The molecule has 2 aromatic carbocycles. The fourth-order valence-corrected chi connectivity index (χ4v) is 2.80. The number of thioether (sulfide) groups is 1. The van der Waals surface area contributed by atoms with Crippen molar-refractivity contribution in [3.05, 3.63) is 71.8 Å². The Labute approximate surface area is 118 Å². The molecule has 0 fully saturated rings. The molecule has 0 aromatic heterocycles. The quantitative estimate of drug-likeness (QED) is 0.886. The summed E-state index contributed by atoms with van der Waals surface area (Å²) >= 11 is 1.44. The fourth-order valence-electron chi connectivity index (χ4n) is 1.80. The Hall–Kier alpha value is -1.74. The first-order valence-corrected chi connectivity index (χ1v) is 6.75. The minimum Gasteiger partial charge on any atom is -0.481 e. The standard InChI is InChI=1S/C15H14O2S.CH4/c16-14(17)11-18-15(12-7-3-1-4-8-12)13-9-5-2-6-10-13;/h1-10,15H,11H2,(H,16,17);1H4. The first-order valence-electron chi connectivity index (χ1n) is 5.70. The summed E-state index contributed by atoms with van der Waals surface area (Å²) < 4.78 is 0. The van der Waals surface area contributed by atoms with E-state index >= 15 is 0 Å². The molecule has 0 heterocycles. The van der Waals surface area contributed by atoms with Gasteiger partial charge in [-0.1, -0.05) is 68.1 Å². The summed E-state index contributed by atoms with van der Waals surface area (Å²) in [6.45, 7) is 0. The third kappa shape index (κ3) is 4.45. The summed E-state index contributed by atoms with van der Waals surface area (Å²) in [7, 11) is 0. The van der Waals surface area contributed by atoms with Gasteiger partial charge in [0.05, 0.1) is 11.0 Å². The van der Waals surface area contributed by atoms with Gasteiger partial charge in [0, 0.05) is 0 Å². The van der Waals surface area contributed by atoms with Crippen molar-refractivity contribution in [1.82, 2.24) is 0 Å². The van der Waals surface area contributed by atoms with Crippen LogP contribution in [-0.4, -0.2) is 16.8 Å². The molecule has 0 aliphatic carbocycles. The summed E-state index contributed by atoms with van der Waals surface area (Å²) in [6, 6.07) is 20.0. The minimum absolute atomic E-state index is 0. The number of hydrogen-bond donors (Lipinski definition) is 1. The van der Waals surface area contributed by atoms with Crippen LogP contribution in [0.5, 0.6) is 0 Å². The highest BCUT2D eigenvalue weighted by Crippen LogP contribution is 2.35. The lowest BCUT2D eigenvalue weighted by atomic mass is 10.0. The van der Waals surface area contributed by atoms with Gasteiger partial charge in [-0.2, -0.15) is 0 Å². The third-order valence-corrected chi connectivity index (χ3v) is 3.87. The Morgan fingerprint density at radius 2 is 1.37 bits per heavy atom. The molecule has 0 bridgehead atoms. The number of carboxylic acid groups (broad SMARTS) is 1. The number of aliphatic carboxylic acids is 1. The largest absolute Gasteiger partial charge is 0.481 e.